The predicted molar refractivity (Wildman–Crippen MR) is 75.6 cm³/mol. The van der Waals surface area contributed by atoms with Crippen molar-refractivity contribution in [1.29, 1.82) is 0 Å². The summed E-state index contributed by atoms with van der Waals surface area (Å²) in [4.78, 5) is 14.1. The zero-order valence-corrected chi connectivity index (χ0v) is 12.7. The van der Waals surface area contributed by atoms with Crippen LogP contribution in [0.15, 0.2) is 22.7 Å². The number of hydrogen-bond donors (Lipinski definition) is 0. The Balaban J connectivity index is 2.97. The molecule has 0 radical (unpaired) electrons. The lowest BCUT2D eigenvalue weighted by atomic mass is 10.1. The average molecular weight is 319 g/mol. The van der Waals surface area contributed by atoms with Crippen LogP contribution in [0.4, 0.5) is 0 Å². The van der Waals surface area contributed by atoms with Crippen LogP contribution in [0, 0.1) is 5.92 Å². The van der Waals surface area contributed by atoms with Crippen LogP contribution in [0.3, 0.4) is 0 Å². The van der Waals surface area contributed by atoms with E-state index in [4.69, 9.17) is 11.6 Å². The topological polar surface area (TPSA) is 20.3 Å². The third-order valence-corrected chi connectivity index (χ3v) is 3.24. The Kier molecular flexibility index (Phi) is 5.47. The van der Waals surface area contributed by atoms with Crippen molar-refractivity contribution in [3.05, 3.63) is 33.3 Å². The summed E-state index contributed by atoms with van der Waals surface area (Å²) < 4.78 is 0.867. The monoisotopic (exact) mass is 317 g/mol. The molecule has 0 heterocycles. The van der Waals surface area contributed by atoms with Crippen LogP contribution in [0.1, 0.15) is 31.1 Å². The molecular weight excluding hydrogens is 302 g/mol. The molecule has 0 fully saturated rings. The molecule has 0 N–H and O–H groups in total. The van der Waals surface area contributed by atoms with E-state index in [9.17, 15) is 4.79 Å². The molecule has 1 amide bonds. The van der Waals surface area contributed by atoms with E-state index in [-0.39, 0.29) is 5.91 Å². The van der Waals surface area contributed by atoms with E-state index < -0.39 is 0 Å². The Morgan fingerprint density at radius 1 is 1.47 bits per heavy atom. The summed E-state index contributed by atoms with van der Waals surface area (Å²) in [5.41, 5.74) is 0.559. The van der Waals surface area contributed by atoms with E-state index in [1.807, 2.05) is 17.9 Å². The molecule has 0 aromatic heterocycles. The molecule has 1 aromatic rings. The lowest BCUT2D eigenvalue weighted by Crippen LogP contribution is -2.34. The first-order valence-electron chi connectivity index (χ1n) is 5.70. The van der Waals surface area contributed by atoms with Gasteiger partial charge in [0.1, 0.15) is 0 Å². The summed E-state index contributed by atoms with van der Waals surface area (Å²) in [5.74, 6) is 0.442. The van der Waals surface area contributed by atoms with Gasteiger partial charge in [-0.2, -0.15) is 0 Å². The fraction of sp³-hybridized carbons (Fsp3) is 0.462. The second-order valence-corrected chi connectivity index (χ2v) is 5.68. The number of nitrogens with zero attached hydrogens (tertiary/aromatic N) is 1. The molecule has 17 heavy (non-hydrogen) atoms. The van der Waals surface area contributed by atoms with E-state index >= 15 is 0 Å². The Bertz CT molecular complexity index is 406. The first-order valence-corrected chi connectivity index (χ1v) is 6.87. The third kappa shape index (κ3) is 4.00. The van der Waals surface area contributed by atoms with Gasteiger partial charge in [-0.15, -0.1) is 0 Å². The van der Waals surface area contributed by atoms with Crippen molar-refractivity contribution >= 4 is 33.4 Å². The fourth-order valence-electron chi connectivity index (χ4n) is 1.63. The van der Waals surface area contributed by atoms with Crippen molar-refractivity contribution in [3.8, 4) is 0 Å². The Labute approximate surface area is 116 Å². The number of carbonyl (C=O) groups is 1. The van der Waals surface area contributed by atoms with Crippen LogP contribution in [-0.2, 0) is 0 Å². The minimum atomic E-state index is -0.00694. The van der Waals surface area contributed by atoms with Crippen LogP contribution in [0.5, 0.6) is 0 Å². The summed E-state index contributed by atoms with van der Waals surface area (Å²) in [6, 6.07) is 5.34. The summed E-state index contributed by atoms with van der Waals surface area (Å²) in [5, 5.41) is 0.500. The van der Waals surface area contributed by atoms with Gasteiger partial charge in [0.25, 0.3) is 5.91 Å². The second-order valence-electron chi connectivity index (χ2n) is 4.36. The van der Waals surface area contributed by atoms with Crippen molar-refractivity contribution in [1.82, 2.24) is 4.90 Å². The first kappa shape index (κ1) is 14.5. The highest BCUT2D eigenvalue weighted by molar-refractivity contribution is 9.10. The molecule has 0 unspecified atom stereocenters. The average Bonchev–Trinajstić information content (AvgIpc) is 2.28. The lowest BCUT2D eigenvalue weighted by molar-refractivity contribution is 0.0746. The molecule has 0 bridgehead atoms. The van der Waals surface area contributed by atoms with Gasteiger partial charge in [0.2, 0.25) is 0 Å². The minimum absolute atomic E-state index is 0.00694. The molecular formula is C13H17BrClNO. The van der Waals surface area contributed by atoms with Crippen molar-refractivity contribution < 1.29 is 4.79 Å². The van der Waals surface area contributed by atoms with Crippen molar-refractivity contribution in [2.75, 3.05) is 13.1 Å². The molecule has 1 rings (SSSR count). The molecule has 0 aliphatic carbocycles. The van der Waals surface area contributed by atoms with E-state index in [1.54, 1.807) is 12.1 Å². The first-order chi connectivity index (χ1) is 7.95. The van der Waals surface area contributed by atoms with Crippen LogP contribution in [0.25, 0.3) is 0 Å². The highest BCUT2D eigenvalue weighted by Crippen LogP contribution is 2.22. The standard InChI is InChI=1S/C13H17BrClNO/c1-4-16(8-9(2)3)13(17)11-7-10(14)5-6-12(11)15/h5-7,9H,4,8H2,1-3H3. The maximum atomic E-state index is 12.3. The Morgan fingerprint density at radius 2 is 2.12 bits per heavy atom. The van der Waals surface area contributed by atoms with Crippen LogP contribution >= 0.6 is 27.5 Å². The van der Waals surface area contributed by atoms with Crippen molar-refractivity contribution in [3.63, 3.8) is 0 Å². The zero-order chi connectivity index (χ0) is 13.0. The fourth-order valence-corrected chi connectivity index (χ4v) is 2.19. The van der Waals surface area contributed by atoms with Gasteiger partial charge in [0.15, 0.2) is 0 Å². The van der Waals surface area contributed by atoms with Crippen molar-refractivity contribution in [2.45, 2.75) is 20.8 Å². The highest BCUT2D eigenvalue weighted by Gasteiger charge is 2.18. The zero-order valence-electron chi connectivity index (χ0n) is 10.3. The van der Waals surface area contributed by atoms with Gasteiger partial charge in [0.05, 0.1) is 10.6 Å². The quantitative estimate of drug-likeness (QED) is 0.814. The van der Waals surface area contributed by atoms with Gasteiger partial charge >= 0.3 is 0 Å². The number of hydrogen-bond acceptors (Lipinski definition) is 1. The van der Waals surface area contributed by atoms with Gasteiger partial charge in [-0.05, 0) is 31.0 Å². The molecule has 0 saturated heterocycles. The van der Waals surface area contributed by atoms with Crippen molar-refractivity contribution in [2.24, 2.45) is 5.92 Å². The number of amides is 1. The van der Waals surface area contributed by atoms with E-state index in [1.165, 1.54) is 0 Å². The van der Waals surface area contributed by atoms with Crippen LogP contribution in [-0.4, -0.2) is 23.9 Å². The highest BCUT2D eigenvalue weighted by atomic mass is 79.9. The Hall–Kier alpha value is -0.540. The number of halogens is 2. The van der Waals surface area contributed by atoms with E-state index in [2.05, 4.69) is 29.8 Å². The summed E-state index contributed by atoms with van der Waals surface area (Å²) in [6.07, 6.45) is 0. The van der Waals surface area contributed by atoms with E-state index in [0.29, 0.717) is 23.0 Å². The van der Waals surface area contributed by atoms with E-state index in [0.717, 1.165) is 11.0 Å². The molecule has 0 aliphatic heterocycles. The molecule has 94 valence electrons. The number of benzene rings is 1. The van der Waals surface area contributed by atoms with Gasteiger partial charge in [-0.1, -0.05) is 41.4 Å². The maximum Gasteiger partial charge on any atom is 0.255 e. The molecule has 2 nitrogen and oxygen atoms in total. The van der Waals surface area contributed by atoms with Gasteiger partial charge in [-0.25, -0.2) is 0 Å². The van der Waals surface area contributed by atoms with Gasteiger partial charge in [0, 0.05) is 17.6 Å². The largest absolute Gasteiger partial charge is 0.339 e. The molecule has 0 saturated carbocycles. The molecule has 0 aliphatic rings. The minimum Gasteiger partial charge on any atom is -0.339 e. The lowest BCUT2D eigenvalue weighted by Gasteiger charge is -2.23. The summed E-state index contributed by atoms with van der Waals surface area (Å²) in [6.45, 7) is 7.61. The molecule has 0 atom stereocenters. The van der Waals surface area contributed by atoms with Crippen LogP contribution < -0.4 is 0 Å². The SMILES string of the molecule is CCN(CC(C)C)C(=O)c1cc(Br)ccc1Cl. The third-order valence-electron chi connectivity index (χ3n) is 2.41. The number of rotatable bonds is 4. The van der Waals surface area contributed by atoms with Gasteiger partial charge in [-0.3, -0.25) is 4.79 Å². The Morgan fingerprint density at radius 3 is 2.65 bits per heavy atom. The molecule has 1 aromatic carbocycles. The predicted octanol–water partition coefficient (Wildman–Crippen LogP) is 4.22. The molecule has 4 heteroatoms. The normalized spacial score (nSPS) is 10.7. The summed E-state index contributed by atoms with van der Waals surface area (Å²) in [7, 11) is 0. The second kappa shape index (κ2) is 6.41. The molecule has 0 spiro atoms. The van der Waals surface area contributed by atoms with Gasteiger partial charge < -0.3 is 4.90 Å². The smallest absolute Gasteiger partial charge is 0.255 e. The van der Waals surface area contributed by atoms with Crippen LogP contribution in [0.2, 0.25) is 5.02 Å². The number of carbonyl (C=O) groups excluding carboxylic acids is 1. The maximum absolute atomic E-state index is 12.3. The summed E-state index contributed by atoms with van der Waals surface area (Å²) >= 11 is 9.42.